The fourth-order valence-electron chi connectivity index (χ4n) is 2.15. The normalized spacial score (nSPS) is 11.4. The van der Waals surface area contributed by atoms with E-state index in [4.69, 9.17) is 4.74 Å². The van der Waals surface area contributed by atoms with Gasteiger partial charge in [0.2, 0.25) is 5.91 Å². The summed E-state index contributed by atoms with van der Waals surface area (Å²) in [5, 5.41) is 5.03. The highest BCUT2D eigenvalue weighted by Crippen LogP contribution is 2.07. The van der Waals surface area contributed by atoms with E-state index in [1.54, 1.807) is 12.1 Å². The standard InChI is InChI=1S/C18H19FN2O3/c1-20-17(22)16(11-13-7-9-15(19)10-8-13)21-18(23)24-12-14-5-3-2-4-6-14/h2-10,16H,11-12H2,1H3,(H,20,22)(H,21,23). The first-order chi connectivity index (χ1) is 11.6. The third kappa shape index (κ3) is 5.39. The second kappa shape index (κ2) is 8.67. The van der Waals surface area contributed by atoms with Gasteiger partial charge in [-0.05, 0) is 23.3 Å². The Hall–Kier alpha value is -2.89. The van der Waals surface area contributed by atoms with Gasteiger partial charge in [-0.1, -0.05) is 42.5 Å². The summed E-state index contributed by atoms with van der Waals surface area (Å²) in [6.45, 7) is 0.115. The first-order valence-electron chi connectivity index (χ1n) is 7.51. The van der Waals surface area contributed by atoms with E-state index >= 15 is 0 Å². The number of ether oxygens (including phenoxy) is 1. The molecule has 0 spiro atoms. The van der Waals surface area contributed by atoms with E-state index in [1.165, 1.54) is 19.2 Å². The minimum absolute atomic E-state index is 0.115. The minimum atomic E-state index is -0.802. The van der Waals surface area contributed by atoms with Crippen molar-refractivity contribution < 1.29 is 18.7 Å². The van der Waals surface area contributed by atoms with Crippen molar-refractivity contribution in [2.24, 2.45) is 0 Å². The molecule has 0 aromatic heterocycles. The maximum atomic E-state index is 13.0. The first-order valence-corrected chi connectivity index (χ1v) is 7.51. The molecule has 2 aromatic carbocycles. The topological polar surface area (TPSA) is 67.4 Å². The maximum Gasteiger partial charge on any atom is 0.408 e. The lowest BCUT2D eigenvalue weighted by Gasteiger charge is -2.17. The van der Waals surface area contributed by atoms with Crippen LogP contribution in [0.5, 0.6) is 0 Å². The van der Waals surface area contributed by atoms with Crippen LogP contribution in [-0.2, 0) is 22.6 Å². The van der Waals surface area contributed by atoms with Gasteiger partial charge >= 0.3 is 6.09 Å². The Morgan fingerprint density at radius 2 is 1.71 bits per heavy atom. The molecule has 0 saturated carbocycles. The van der Waals surface area contributed by atoms with Gasteiger partial charge < -0.3 is 15.4 Å². The summed E-state index contributed by atoms with van der Waals surface area (Å²) in [7, 11) is 1.48. The van der Waals surface area contributed by atoms with Crippen molar-refractivity contribution in [3.63, 3.8) is 0 Å². The highest BCUT2D eigenvalue weighted by molar-refractivity contribution is 5.85. The zero-order chi connectivity index (χ0) is 17.4. The predicted octanol–water partition coefficient (Wildman–Crippen LogP) is 2.41. The van der Waals surface area contributed by atoms with E-state index in [0.29, 0.717) is 0 Å². The van der Waals surface area contributed by atoms with Gasteiger partial charge in [-0.3, -0.25) is 4.79 Å². The number of rotatable bonds is 6. The van der Waals surface area contributed by atoms with Gasteiger partial charge in [0.05, 0.1) is 0 Å². The Bertz CT molecular complexity index is 674. The van der Waals surface area contributed by atoms with Crippen molar-refractivity contribution in [1.29, 1.82) is 0 Å². The van der Waals surface area contributed by atoms with Crippen LogP contribution in [0.3, 0.4) is 0 Å². The second-order valence-electron chi connectivity index (χ2n) is 5.20. The highest BCUT2D eigenvalue weighted by atomic mass is 19.1. The third-order valence-electron chi connectivity index (χ3n) is 3.42. The van der Waals surface area contributed by atoms with Gasteiger partial charge in [-0.2, -0.15) is 0 Å². The number of nitrogens with one attached hydrogen (secondary N) is 2. The Balaban J connectivity index is 1.93. The number of amides is 2. The van der Waals surface area contributed by atoms with Crippen molar-refractivity contribution in [2.45, 2.75) is 19.1 Å². The van der Waals surface area contributed by atoms with Crippen molar-refractivity contribution >= 4 is 12.0 Å². The van der Waals surface area contributed by atoms with Crippen molar-refractivity contribution in [3.8, 4) is 0 Å². The van der Waals surface area contributed by atoms with E-state index in [-0.39, 0.29) is 24.8 Å². The molecule has 0 saturated heterocycles. The summed E-state index contributed by atoms with van der Waals surface area (Å²) in [6.07, 6.45) is -0.449. The average Bonchev–Trinajstić information content (AvgIpc) is 2.61. The molecule has 126 valence electrons. The Morgan fingerprint density at radius 3 is 2.33 bits per heavy atom. The van der Waals surface area contributed by atoms with Crippen molar-refractivity contribution in [3.05, 3.63) is 71.5 Å². The van der Waals surface area contributed by atoms with Crippen LogP contribution >= 0.6 is 0 Å². The van der Waals surface area contributed by atoms with Crippen LogP contribution in [0.1, 0.15) is 11.1 Å². The van der Waals surface area contributed by atoms with Gasteiger partial charge in [0.15, 0.2) is 0 Å². The number of hydrogen-bond acceptors (Lipinski definition) is 3. The molecule has 0 aliphatic heterocycles. The van der Waals surface area contributed by atoms with E-state index in [0.717, 1.165) is 11.1 Å². The van der Waals surface area contributed by atoms with Crippen LogP contribution < -0.4 is 10.6 Å². The molecular weight excluding hydrogens is 311 g/mol. The van der Waals surface area contributed by atoms with Gasteiger partial charge in [0, 0.05) is 13.5 Å². The van der Waals surface area contributed by atoms with Crippen molar-refractivity contribution in [1.82, 2.24) is 10.6 Å². The summed E-state index contributed by atoms with van der Waals surface area (Å²) in [5.41, 5.74) is 1.58. The van der Waals surface area contributed by atoms with E-state index in [2.05, 4.69) is 10.6 Å². The van der Waals surface area contributed by atoms with Crippen LogP contribution in [0.2, 0.25) is 0 Å². The Kier molecular flexibility index (Phi) is 6.31. The number of likely N-dealkylation sites (N-methyl/N-ethyl adjacent to an activating group) is 1. The number of benzene rings is 2. The molecule has 2 N–H and O–H groups in total. The fraction of sp³-hybridized carbons (Fsp3) is 0.222. The lowest BCUT2D eigenvalue weighted by molar-refractivity contribution is -0.122. The fourth-order valence-corrected chi connectivity index (χ4v) is 2.15. The summed E-state index contributed by atoms with van der Waals surface area (Å²) < 4.78 is 18.1. The first kappa shape index (κ1) is 17.5. The molecule has 0 fully saturated rings. The monoisotopic (exact) mass is 330 g/mol. The molecule has 0 radical (unpaired) electrons. The van der Waals surface area contributed by atoms with Crippen LogP contribution in [-0.4, -0.2) is 25.1 Å². The van der Waals surface area contributed by atoms with Crippen LogP contribution in [0, 0.1) is 5.82 Å². The number of hydrogen-bond donors (Lipinski definition) is 2. The van der Waals surface area contributed by atoms with E-state index < -0.39 is 12.1 Å². The highest BCUT2D eigenvalue weighted by Gasteiger charge is 2.21. The minimum Gasteiger partial charge on any atom is -0.445 e. The van der Waals surface area contributed by atoms with Crippen LogP contribution in [0.4, 0.5) is 9.18 Å². The quantitative estimate of drug-likeness (QED) is 0.855. The molecular formula is C18H19FN2O3. The predicted molar refractivity (Wildman–Crippen MR) is 87.7 cm³/mol. The van der Waals surface area contributed by atoms with Crippen molar-refractivity contribution in [2.75, 3.05) is 7.05 Å². The molecule has 5 nitrogen and oxygen atoms in total. The van der Waals surface area contributed by atoms with E-state index in [9.17, 15) is 14.0 Å². The Morgan fingerprint density at radius 1 is 1.04 bits per heavy atom. The SMILES string of the molecule is CNC(=O)C(Cc1ccc(F)cc1)NC(=O)OCc1ccccc1. The summed E-state index contributed by atoms with van der Waals surface area (Å²) in [4.78, 5) is 23.9. The number of carbonyl (C=O) groups excluding carboxylic acids is 2. The van der Waals surface area contributed by atoms with Gasteiger partial charge in [0.1, 0.15) is 18.5 Å². The summed E-state index contributed by atoms with van der Waals surface area (Å²) >= 11 is 0. The van der Waals surface area contributed by atoms with Gasteiger partial charge in [-0.15, -0.1) is 0 Å². The zero-order valence-electron chi connectivity index (χ0n) is 13.3. The molecule has 1 unspecified atom stereocenters. The molecule has 2 rings (SSSR count). The molecule has 0 aliphatic carbocycles. The third-order valence-corrected chi connectivity index (χ3v) is 3.42. The smallest absolute Gasteiger partial charge is 0.408 e. The number of carbonyl (C=O) groups is 2. The summed E-state index contributed by atoms with van der Waals surface area (Å²) in [5.74, 6) is -0.707. The zero-order valence-corrected chi connectivity index (χ0v) is 13.3. The molecule has 6 heteroatoms. The largest absolute Gasteiger partial charge is 0.445 e. The lowest BCUT2D eigenvalue weighted by atomic mass is 10.1. The van der Waals surface area contributed by atoms with Gasteiger partial charge in [-0.25, -0.2) is 9.18 Å². The number of alkyl carbamates (subject to hydrolysis) is 1. The molecule has 0 aliphatic rings. The van der Waals surface area contributed by atoms with E-state index in [1.807, 2.05) is 30.3 Å². The number of halogens is 1. The molecule has 2 amide bonds. The Labute approximate surface area is 139 Å². The second-order valence-corrected chi connectivity index (χ2v) is 5.20. The van der Waals surface area contributed by atoms with Crippen LogP contribution in [0.15, 0.2) is 54.6 Å². The molecule has 0 bridgehead atoms. The molecule has 24 heavy (non-hydrogen) atoms. The van der Waals surface area contributed by atoms with Crippen LogP contribution in [0.25, 0.3) is 0 Å². The molecule has 0 heterocycles. The molecule has 2 aromatic rings. The van der Waals surface area contributed by atoms with Gasteiger partial charge in [0.25, 0.3) is 0 Å². The maximum absolute atomic E-state index is 13.0. The summed E-state index contributed by atoms with van der Waals surface area (Å²) in [6, 6.07) is 14.2. The molecule has 1 atom stereocenters. The average molecular weight is 330 g/mol. The lowest BCUT2D eigenvalue weighted by Crippen LogP contribution is -2.47.